The Hall–Kier alpha value is -9.19. The highest BCUT2D eigenvalue weighted by atomic mass is 15.0. The molecule has 0 aliphatic rings. The van der Waals surface area contributed by atoms with Gasteiger partial charge in [-0.05, 0) is 92.7 Å². The van der Waals surface area contributed by atoms with Gasteiger partial charge in [0.15, 0.2) is 17.5 Å². The zero-order valence-electron chi connectivity index (χ0n) is 36.8. The van der Waals surface area contributed by atoms with Crippen LogP contribution in [0.3, 0.4) is 0 Å². The fraction of sp³-hybridized carbons (Fsp3) is 0. The van der Waals surface area contributed by atoms with Crippen LogP contribution in [0.15, 0.2) is 237 Å². The summed E-state index contributed by atoms with van der Waals surface area (Å²) in [6.07, 6.45) is 0. The van der Waals surface area contributed by atoms with Crippen molar-refractivity contribution in [1.82, 2.24) is 24.1 Å². The summed E-state index contributed by atoms with van der Waals surface area (Å²) in [4.78, 5) is 15.5. The van der Waals surface area contributed by atoms with Crippen molar-refractivity contribution >= 4 is 75.9 Å². The molecule has 0 N–H and O–H groups in total. The van der Waals surface area contributed by atoms with Crippen LogP contribution in [0, 0.1) is 0 Å². The zero-order valence-corrected chi connectivity index (χ0v) is 36.8. The first-order chi connectivity index (χ1) is 33.7. The molecule has 68 heavy (non-hydrogen) atoms. The highest BCUT2D eigenvalue weighted by molar-refractivity contribution is 6.26. The van der Waals surface area contributed by atoms with E-state index in [1.54, 1.807) is 0 Å². The van der Waals surface area contributed by atoms with Gasteiger partial charge in [0.2, 0.25) is 0 Å². The van der Waals surface area contributed by atoms with E-state index in [0.717, 1.165) is 55.4 Å². The number of nitrogens with zero attached hydrogens (tertiary/aromatic N) is 5. The summed E-state index contributed by atoms with van der Waals surface area (Å²) < 4.78 is 4.94. The predicted molar refractivity (Wildman–Crippen MR) is 283 cm³/mol. The monoisotopic (exact) mass is 865 g/mol. The van der Waals surface area contributed by atoms with E-state index in [1.165, 1.54) is 59.7 Å². The molecule has 3 heterocycles. The summed E-state index contributed by atoms with van der Waals surface area (Å²) >= 11 is 0. The smallest absolute Gasteiger partial charge is 0.164 e. The standard InChI is InChI=1S/C63H39N5/c1-4-16-40(17-5-1)46-30-32-55-52(36-46)53-38-54-59(67(49-31-28-41-18-10-11-24-45(41)35-49)56-33-29-42-19-12-15-27-51(42)60(54)56)39-58(53)68(55)57-37-48(34-47-25-13-14-26-50(47)57)63-65-61(43-20-6-2-7-21-43)64-62(66-63)44-22-8-3-9-23-44/h1-39H. The number of aromatic nitrogens is 5. The first kappa shape index (κ1) is 38.1. The minimum absolute atomic E-state index is 0.613. The molecule has 0 aliphatic carbocycles. The lowest BCUT2D eigenvalue weighted by molar-refractivity contribution is 1.07. The molecule has 0 amide bonds. The van der Waals surface area contributed by atoms with E-state index in [-0.39, 0.29) is 0 Å². The maximum Gasteiger partial charge on any atom is 0.164 e. The molecule has 5 heteroatoms. The number of hydrogen-bond acceptors (Lipinski definition) is 3. The Kier molecular flexibility index (Phi) is 8.52. The van der Waals surface area contributed by atoms with Crippen LogP contribution in [-0.2, 0) is 0 Å². The quantitative estimate of drug-likeness (QED) is 0.167. The predicted octanol–water partition coefficient (Wildman–Crippen LogP) is 16.2. The van der Waals surface area contributed by atoms with Gasteiger partial charge in [-0.2, -0.15) is 0 Å². The van der Waals surface area contributed by atoms with Crippen LogP contribution < -0.4 is 0 Å². The maximum atomic E-state index is 5.22. The van der Waals surface area contributed by atoms with Gasteiger partial charge < -0.3 is 9.13 Å². The normalized spacial score (nSPS) is 11.8. The fourth-order valence-corrected chi connectivity index (χ4v) is 10.5. The molecule has 0 radical (unpaired) electrons. The Balaban J connectivity index is 1.11. The van der Waals surface area contributed by atoms with Gasteiger partial charge in [-0.1, -0.05) is 182 Å². The molecule has 0 atom stereocenters. The number of fused-ring (bicyclic) bond motifs is 10. The lowest BCUT2D eigenvalue weighted by atomic mass is 10.0. The molecule has 14 rings (SSSR count). The van der Waals surface area contributed by atoms with Crippen LogP contribution in [-0.4, -0.2) is 24.1 Å². The van der Waals surface area contributed by atoms with Crippen molar-refractivity contribution in [3.63, 3.8) is 0 Å². The molecule has 11 aromatic carbocycles. The van der Waals surface area contributed by atoms with E-state index in [4.69, 9.17) is 15.0 Å². The van der Waals surface area contributed by atoms with Crippen LogP contribution in [0.5, 0.6) is 0 Å². The second kappa shape index (κ2) is 15.2. The average molecular weight is 866 g/mol. The van der Waals surface area contributed by atoms with Crippen LogP contribution in [0.4, 0.5) is 0 Å². The Bertz CT molecular complexity index is 4250. The molecule has 0 aliphatic heterocycles. The van der Waals surface area contributed by atoms with Crippen molar-refractivity contribution in [2.24, 2.45) is 0 Å². The van der Waals surface area contributed by atoms with Gasteiger partial charge in [0.25, 0.3) is 0 Å². The summed E-state index contributed by atoms with van der Waals surface area (Å²) in [5.41, 5.74) is 11.8. The lowest BCUT2D eigenvalue weighted by Gasteiger charge is -2.15. The van der Waals surface area contributed by atoms with E-state index in [1.807, 2.05) is 36.4 Å². The Morgan fingerprint density at radius 1 is 0.250 bits per heavy atom. The van der Waals surface area contributed by atoms with E-state index in [2.05, 4.69) is 209 Å². The van der Waals surface area contributed by atoms with Gasteiger partial charge in [0, 0.05) is 49.3 Å². The molecule has 316 valence electrons. The molecular formula is C63H39N5. The third-order valence-electron chi connectivity index (χ3n) is 13.7. The summed E-state index contributed by atoms with van der Waals surface area (Å²) in [5, 5.41) is 11.9. The number of benzene rings is 11. The molecule has 14 aromatic rings. The van der Waals surface area contributed by atoms with Crippen LogP contribution in [0.2, 0.25) is 0 Å². The van der Waals surface area contributed by atoms with E-state index in [9.17, 15) is 0 Å². The van der Waals surface area contributed by atoms with Gasteiger partial charge in [-0.25, -0.2) is 15.0 Å². The SMILES string of the molecule is c1ccc(-c2ccc3c(c2)c2cc4c5c6ccccc6ccc5n(-c5ccc6ccccc6c5)c4cc2n3-c2cc(-c3nc(-c4ccccc4)nc(-c4ccccc4)n3)cc3ccccc23)cc1. The minimum atomic E-state index is 0.613. The maximum absolute atomic E-state index is 5.22. The first-order valence-corrected chi connectivity index (χ1v) is 23.1. The minimum Gasteiger partial charge on any atom is -0.309 e. The highest BCUT2D eigenvalue weighted by Crippen LogP contribution is 2.44. The summed E-state index contributed by atoms with van der Waals surface area (Å²) in [6.45, 7) is 0. The average Bonchev–Trinajstić information content (AvgIpc) is 3.91. The van der Waals surface area contributed by atoms with Crippen molar-refractivity contribution in [1.29, 1.82) is 0 Å². The Morgan fingerprint density at radius 3 is 1.51 bits per heavy atom. The first-order valence-electron chi connectivity index (χ1n) is 23.1. The molecule has 0 bridgehead atoms. The van der Waals surface area contributed by atoms with Crippen molar-refractivity contribution in [3.8, 4) is 56.7 Å². The lowest BCUT2D eigenvalue weighted by Crippen LogP contribution is -2.02. The second-order valence-corrected chi connectivity index (χ2v) is 17.6. The summed E-state index contributed by atoms with van der Waals surface area (Å²) in [5.74, 6) is 1.87. The molecule has 5 nitrogen and oxygen atoms in total. The molecule has 0 fully saturated rings. The molecule has 0 spiro atoms. The molecule has 0 saturated carbocycles. The Labute approximate surface area is 391 Å². The number of rotatable bonds is 6. The molecular weight excluding hydrogens is 827 g/mol. The fourth-order valence-electron chi connectivity index (χ4n) is 10.5. The van der Waals surface area contributed by atoms with Gasteiger partial charge in [-0.3, -0.25) is 0 Å². The third kappa shape index (κ3) is 6.06. The van der Waals surface area contributed by atoms with Crippen LogP contribution >= 0.6 is 0 Å². The van der Waals surface area contributed by atoms with Crippen LogP contribution in [0.1, 0.15) is 0 Å². The summed E-state index contributed by atoms with van der Waals surface area (Å²) in [7, 11) is 0. The largest absolute Gasteiger partial charge is 0.309 e. The van der Waals surface area contributed by atoms with Gasteiger partial charge in [-0.15, -0.1) is 0 Å². The van der Waals surface area contributed by atoms with Gasteiger partial charge in [0.1, 0.15) is 0 Å². The molecule has 0 unspecified atom stereocenters. The van der Waals surface area contributed by atoms with E-state index in [0.29, 0.717) is 17.5 Å². The second-order valence-electron chi connectivity index (χ2n) is 17.6. The third-order valence-corrected chi connectivity index (χ3v) is 13.7. The summed E-state index contributed by atoms with van der Waals surface area (Å²) in [6, 6.07) is 84.9. The van der Waals surface area contributed by atoms with Gasteiger partial charge >= 0.3 is 0 Å². The number of hydrogen-bond donors (Lipinski definition) is 0. The van der Waals surface area contributed by atoms with E-state index >= 15 is 0 Å². The van der Waals surface area contributed by atoms with Crippen molar-refractivity contribution in [2.75, 3.05) is 0 Å². The van der Waals surface area contributed by atoms with E-state index < -0.39 is 0 Å². The van der Waals surface area contributed by atoms with Crippen molar-refractivity contribution in [2.45, 2.75) is 0 Å². The van der Waals surface area contributed by atoms with Gasteiger partial charge in [0.05, 0.1) is 27.8 Å². The highest BCUT2D eigenvalue weighted by Gasteiger charge is 2.23. The topological polar surface area (TPSA) is 48.5 Å². The molecule has 3 aromatic heterocycles. The zero-order chi connectivity index (χ0) is 44.7. The molecule has 0 saturated heterocycles. The van der Waals surface area contributed by atoms with Crippen molar-refractivity contribution in [3.05, 3.63) is 237 Å². The Morgan fingerprint density at radius 2 is 0.794 bits per heavy atom. The van der Waals surface area contributed by atoms with Crippen molar-refractivity contribution < 1.29 is 0 Å². The van der Waals surface area contributed by atoms with Crippen LogP contribution in [0.25, 0.3) is 133 Å².